The number of thiophene rings is 1. The Morgan fingerprint density at radius 2 is 1.69 bits per heavy atom. The second-order valence-electron chi connectivity index (χ2n) is 7.76. The van der Waals surface area contributed by atoms with E-state index in [2.05, 4.69) is 5.32 Å². The van der Waals surface area contributed by atoms with E-state index in [1.54, 1.807) is 37.4 Å². The highest BCUT2D eigenvalue weighted by molar-refractivity contribution is 7.92. The molecule has 0 aliphatic carbocycles. The van der Waals surface area contributed by atoms with E-state index in [-0.39, 0.29) is 15.8 Å². The molecular formula is C25H23ClN2O5S2. The van der Waals surface area contributed by atoms with Crippen molar-refractivity contribution in [3.63, 3.8) is 0 Å². The van der Waals surface area contributed by atoms with E-state index in [1.807, 2.05) is 19.1 Å². The Hall–Kier alpha value is -3.27. The van der Waals surface area contributed by atoms with Gasteiger partial charge >= 0.3 is 0 Å². The molecular weight excluding hydrogens is 508 g/mol. The normalized spacial score (nSPS) is 11.3. The second kappa shape index (κ2) is 9.77. The molecule has 4 aromatic rings. The van der Waals surface area contributed by atoms with Gasteiger partial charge in [-0.1, -0.05) is 17.7 Å². The zero-order valence-electron chi connectivity index (χ0n) is 19.5. The summed E-state index contributed by atoms with van der Waals surface area (Å²) in [4.78, 5) is 13.5. The predicted octanol–water partition coefficient (Wildman–Crippen LogP) is 5.96. The van der Waals surface area contributed by atoms with Gasteiger partial charge in [0.15, 0.2) is 0 Å². The SMILES string of the molecule is COc1ccc(S(=O)(=O)N(C)c2ccc3sc(C(=O)Nc4cc(C)ccc4OC)cc3c2)cc1Cl. The molecule has 3 aromatic carbocycles. The first-order chi connectivity index (χ1) is 16.6. The van der Waals surface area contributed by atoms with Crippen LogP contribution in [-0.4, -0.2) is 35.6 Å². The number of nitrogens with one attached hydrogen (secondary N) is 1. The van der Waals surface area contributed by atoms with Crippen LogP contribution in [0.4, 0.5) is 11.4 Å². The van der Waals surface area contributed by atoms with Crippen LogP contribution in [0.2, 0.25) is 5.02 Å². The topological polar surface area (TPSA) is 84.9 Å². The number of hydrogen-bond acceptors (Lipinski definition) is 6. The maximum absolute atomic E-state index is 13.2. The van der Waals surface area contributed by atoms with Crippen molar-refractivity contribution in [2.75, 3.05) is 30.9 Å². The summed E-state index contributed by atoms with van der Waals surface area (Å²) in [5.74, 6) is 0.686. The minimum atomic E-state index is -3.87. The Bertz CT molecular complexity index is 1530. The van der Waals surface area contributed by atoms with Crippen molar-refractivity contribution in [3.8, 4) is 11.5 Å². The minimum absolute atomic E-state index is 0.0448. The number of nitrogens with zero attached hydrogens (tertiary/aromatic N) is 1. The lowest BCUT2D eigenvalue weighted by Crippen LogP contribution is -2.26. The number of fused-ring (bicyclic) bond motifs is 1. The van der Waals surface area contributed by atoms with Crippen LogP contribution < -0.4 is 19.1 Å². The number of amides is 1. The summed E-state index contributed by atoms with van der Waals surface area (Å²) in [7, 11) is 0.613. The molecule has 10 heteroatoms. The van der Waals surface area contributed by atoms with Gasteiger partial charge in [-0.15, -0.1) is 11.3 Å². The zero-order chi connectivity index (χ0) is 25.3. The summed E-state index contributed by atoms with van der Waals surface area (Å²) in [6, 6.07) is 16.8. The van der Waals surface area contributed by atoms with Crippen molar-refractivity contribution >= 4 is 60.3 Å². The Morgan fingerprint density at radius 1 is 0.971 bits per heavy atom. The fourth-order valence-electron chi connectivity index (χ4n) is 3.55. The van der Waals surface area contributed by atoms with Crippen molar-refractivity contribution in [1.82, 2.24) is 0 Å². The van der Waals surface area contributed by atoms with E-state index in [1.165, 1.54) is 48.0 Å². The average molecular weight is 531 g/mol. The lowest BCUT2D eigenvalue weighted by molar-refractivity contribution is 0.103. The van der Waals surface area contributed by atoms with Gasteiger partial charge in [-0.3, -0.25) is 9.10 Å². The molecule has 0 unspecified atom stereocenters. The Balaban J connectivity index is 1.62. The Morgan fingerprint density at radius 3 is 2.37 bits per heavy atom. The summed E-state index contributed by atoms with van der Waals surface area (Å²) in [5.41, 5.74) is 2.03. The molecule has 4 rings (SSSR count). The number of carbonyl (C=O) groups excluding carboxylic acids is 1. The lowest BCUT2D eigenvalue weighted by Gasteiger charge is -2.20. The van der Waals surface area contributed by atoms with Gasteiger partial charge in [0, 0.05) is 11.7 Å². The van der Waals surface area contributed by atoms with Crippen LogP contribution in [0.25, 0.3) is 10.1 Å². The molecule has 0 spiro atoms. The van der Waals surface area contributed by atoms with Gasteiger partial charge in [0.2, 0.25) is 0 Å². The molecule has 1 aromatic heterocycles. The van der Waals surface area contributed by atoms with Crippen molar-refractivity contribution in [3.05, 3.63) is 76.1 Å². The molecule has 0 fully saturated rings. The third kappa shape index (κ3) is 4.93. The maximum Gasteiger partial charge on any atom is 0.265 e. The Labute approximate surface area is 212 Å². The van der Waals surface area contributed by atoms with E-state index >= 15 is 0 Å². The number of methoxy groups -OCH3 is 2. The molecule has 1 heterocycles. The summed E-state index contributed by atoms with van der Waals surface area (Å²) < 4.78 is 38.8. The van der Waals surface area contributed by atoms with Crippen LogP contribution in [-0.2, 0) is 10.0 Å². The first kappa shape index (κ1) is 24.8. The number of anilines is 2. The number of carbonyl (C=O) groups is 1. The van der Waals surface area contributed by atoms with E-state index < -0.39 is 10.0 Å². The standard InChI is InChI=1S/C25H23ClN2O5S2/c1-15-5-8-22(33-4)20(11-15)27-25(29)24-13-16-12-17(6-10-23(16)34-24)28(2)35(30,31)18-7-9-21(32-3)19(26)14-18/h5-14H,1-4H3,(H,27,29). The third-order valence-electron chi connectivity index (χ3n) is 5.47. The van der Waals surface area contributed by atoms with E-state index in [0.29, 0.717) is 27.8 Å². The van der Waals surface area contributed by atoms with E-state index in [0.717, 1.165) is 15.6 Å². The number of sulfonamides is 1. The second-order valence-corrected chi connectivity index (χ2v) is 11.2. The van der Waals surface area contributed by atoms with Crippen LogP contribution in [0.15, 0.2) is 65.6 Å². The summed E-state index contributed by atoms with van der Waals surface area (Å²) in [6.45, 7) is 1.93. The molecule has 1 amide bonds. The summed E-state index contributed by atoms with van der Waals surface area (Å²) in [5, 5.41) is 3.85. The number of hydrogen-bond donors (Lipinski definition) is 1. The fourth-order valence-corrected chi connectivity index (χ4v) is 6.02. The molecule has 0 aliphatic rings. The van der Waals surface area contributed by atoms with Gasteiger partial charge in [0.25, 0.3) is 15.9 Å². The molecule has 0 atom stereocenters. The van der Waals surface area contributed by atoms with Gasteiger partial charge in [0.1, 0.15) is 11.5 Å². The number of aryl methyl sites for hydroxylation is 1. The molecule has 0 saturated heterocycles. The van der Waals surface area contributed by atoms with Crippen LogP contribution in [0.5, 0.6) is 11.5 Å². The van der Waals surface area contributed by atoms with E-state index in [9.17, 15) is 13.2 Å². The smallest absolute Gasteiger partial charge is 0.265 e. The zero-order valence-corrected chi connectivity index (χ0v) is 21.8. The van der Waals surface area contributed by atoms with Gasteiger partial charge < -0.3 is 14.8 Å². The molecule has 1 N–H and O–H groups in total. The van der Waals surface area contributed by atoms with Gasteiger partial charge in [0.05, 0.1) is 40.4 Å². The van der Waals surface area contributed by atoms with Crippen molar-refractivity contribution < 1.29 is 22.7 Å². The largest absolute Gasteiger partial charge is 0.495 e. The first-order valence-electron chi connectivity index (χ1n) is 10.5. The minimum Gasteiger partial charge on any atom is -0.495 e. The molecule has 0 bridgehead atoms. The highest BCUT2D eigenvalue weighted by Gasteiger charge is 2.23. The Kier molecular flexibility index (Phi) is 6.93. The van der Waals surface area contributed by atoms with Gasteiger partial charge in [-0.05, 0) is 72.5 Å². The highest BCUT2D eigenvalue weighted by atomic mass is 35.5. The quantitative estimate of drug-likeness (QED) is 0.319. The highest BCUT2D eigenvalue weighted by Crippen LogP contribution is 2.34. The van der Waals surface area contributed by atoms with Crippen molar-refractivity contribution in [1.29, 1.82) is 0 Å². The van der Waals surface area contributed by atoms with Crippen LogP contribution in [0, 0.1) is 6.92 Å². The summed E-state index contributed by atoms with van der Waals surface area (Å²) in [6.07, 6.45) is 0. The van der Waals surface area contributed by atoms with Crippen LogP contribution in [0.1, 0.15) is 15.2 Å². The molecule has 0 aliphatic heterocycles. The monoisotopic (exact) mass is 530 g/mol. The number of rotatable bonds is 7. The molecule has 182 valence electrons. The molecule has 0 saturated carbocycles. The molecule has 35 heavy (non-hydrogen) atoms. The third-order valence-corrected chi connectivity index (χ3v) is 8.66. The molecule has 7 nitrogen and oxygen atoms in total. The van der Waals surface area contributed by atoms with Gasteiger partial charge in [-0.25, -0.2) is 8.42 Å². The number of ether oxygens (including phenoxy) is 2. The number of halogens is 1. The summed E-state index contributed by atoms with van der Waals surface area (Å²) >= 11 is 7.45. The average Bonchev–Trinajstić information content (AvgIpc) is 3.27. The maximum atomic E-state index is 13.2. The fraction of sp³-hybridized carbons (Fsp3) is 0.160. The first-order valence-corrected chi connectivity index (χ1v) is 13.1. The predicted molar refractivity (Wildman–Crippen MR) is 141 cm³/mol. The van der Waals surface area contributed by atoms with Crippen LogP contribution in [0.3, 0.4) is 0 Å². The molecule has 0 radical (unpaired) electrons. The van der Waals surface area contributed by atoms with E-state index in [4.69, 9.17) is 21.1 Å². The lowest BCUT2D eigenvalue weighted by atomic mass is 10.2. The van der Waals surface area contributed by atoms with Gasteiger partial charge in [-0.2, -0.15) is 0 Å². The van der Waals surface area contributed by atoms with Crippen molar-refractivity contribution in [2.45, 2.75) is 11.8 Å². The van der Waals surface area contributed by atoms with Crippen molar-refractivity contribution in [2.24, 2.45) is 0 Å². The van der Waals surface area contributed by atoms with Crippen LogP contribution >= 0.6 is 22.9 Å². The number of benzene rings is 3.